The highest BCUT2D eigenvalue weighted by atomic mass is 35.5. The van der Waals surface area contributed by atoms with Gasteiger partial charge in [-0.15, -0.1) is 0 Å². The van der Waals surface area contributed by atoms with E-state index >= 15 is 0 Å². The molecule has 1 aromatic heterocycles. The van der Waals surface area contributed by atoms with Gasteiger partial charge < -0.3 is 5.11 Å². The van der Waals surface area contributed by atoms with Crippen molar-refractivity contribution in [2.45, 2.75) is 6.61 Å². The standard InChI is InChI=1S/C12H8ClF2NO/c13-9-3-1-2-8(12(9)15)11-4-7(6-17)10(14)5-16-11/h1-5,17H,6H2. The Bertz CT molecular complexity index is 560. The smallest absolute Gasteiger partial charge is 0.151 e. The van der Waals surface area contributed by atoms with Crippen molar-refractivity contribution in [2.75, 3.05) is 0 Å². The lowest BCUT2D eigenvalue weighted by atomic mass is 10.1. The SMILES string of the molecule is OCc1cc(-c2cccc(Cl)c2F)ncc1F. The van der Waals surface area contributed by atoms with Crippen LogP contribution in [-0.4, -0.2) is 10.1 Å². The summed E-state index contributed by atoms with van der Waals surface area (Å²) in [4.78, 5) is 3.77. The average Bonchev–Trinajstić information content (AvgIpc) is 2.34. The molecule has 0 fully saturated rings. The van der Waals surface area contributed by atoms with Gasteiger partial charge in [0.2, 0.25) is 0 Å². The van der Waals surface area contributed by atoms with Crippen LogP contribution in [-0.2, 0) is 6.61 Å². The van der Waals surface area contributed by atoms with Crippen molar-refractivity contribution in [3.63, 3.8) is 0 Å². The summed E-state index contributed by atoms with van der Waals surface area (Å²) in [7, 11) is 0. The van der Waals surface area contributed by atoms with Crippen LogP contribution in [0.1, 0.15) is 5.56 Å². The summed E-state index contributed by atoms with van der Waals surface area (Å²) < 4.78 is 26.8. The Balaban J connectivity index is 2.57. The monoisotopic (exact) mass is 255 g/mol. The summed E-state index contributed by atoms with van der Waals surface area (Å²) >= 11 is 5.64. The predicted octanol–water partition coefficient (Wildman–Crippen LogP) is 3.17. The second-order valence-corrected chi connectivity index (χ2v) is 3.83. The fraction of sp³-hybridized carbons (Fsp3) is 0.0833. The maximum Gasteiger partial charge on any atom is 0.151 e. The molecule has 0 spiro atoms. The molecule has 0 unspecified atom stereocenters. The third-order valence-corrected chi connectivity index (χ3v) is 2.62. The van der Waals surface area contributed by atoms with Crippen molar-refractivity contribution in [1.82, 2.24) is 4.98 Å². The molecular weight excluding hydrogens is 248 g/mol. The first-order chi connectivity index (χ1) is 8.13. The Morgan fingerprint density at radius 1 is 1.29 bits per heavy atom. The number of halogens is 3. The number of aliphatic hydroxyl groups excluding tert-OH is 1. The van der Waals surface area contributed by atoms with Gasteiger partial charge in [0.15, 0.2) is 5.82 Å². The Labute approximate surface area is 102 Å². The summed E-state index contributed by atoms with van der Waals surface area (Å²) in [6.45, 7) is -0.469. The predicted molar refractivity (Wildman–Crippen MR) is 60.5 cm³/mol. The molecule has 0 aliphatic carbocycles. The fourth-order valence-corrected chi connectivity index (χ4v) is 1.62. The molecule has 1 N–H and O–H groups in total. The third-order valence-electron chi connectivity index (χ3n) is 2.33. The highest BCUT2D eigenvalue weighted by Crippen LogP contribution is 2.27. The quantitative estimate of drug-likeness (QED) is 0.894. The zero-order chi connectivity index (χ0) is 12.4. The van der Waals surface area contributed by atoms with Crippen LogP contribution in [0.2, 0.25) is 5.02 Å². The van der Waals surface area contributed by atoms with Gasteiger partial charge in [0.05, 0.1) is 23.5 Å². The summed E-state index contributed by atoms with van der Waals surface area (Å²) in [6, 6.07) is 5.77. The molecule has 0 atom stereocenters. The van der Waals surface area contributed by atoms with Crippen LogP contribution < -0.4 is 0 Å². The van der Waals surface area contributed by atoms with Crippen molar-refractivity contribution >= 4 is 11.6 Å². The molecule has 0 saturated heterocycles. The Morgan fingerprint density at radius 3 is 2.76 bits per heavy atom. The summed E-state index contributed by atoms with van der Waals surface area (Å²) in [6.07, 6.45) is 0.946. The van der Waals surface area contributed by atoms with Gasteiger partial charge in [-0.3, -0.25) is 4.98 Å². The lowest BCUT2D eigenvalue weighted by Gasteiger charge is -2.06. The summed E-state index contributed by atoms with van der Waals surface area (Å²) in [5.41, 5.74) is 0.469. The second kappa shape index (κ2) is 4.77. The molecule has 0 saturated carbocycles. The molecular formula is C12H8ClF2NO. The second-order valence-electron chi connectivity index (χ2n) is 3.42. The van der Waals surface area contributed by atoms with Crippen molar-refractivity contribution in [3.8, 4) is 11.3 Å². The lowest BCUT2D eigenvalue weighted by Crippen LogP contribution is -1.95. The Kier molecular flexibility index (Phi) is 3.36. The van der Waals surface area contributed by atoms with E-state index in [1.807, 2.05) is 0 Å². The molecule has 2 aromatic rings. The molecule has 1 aromatic carbocycles. The molecule has 1 heterocycles. The molecule has 0 radical (unpaired) electrons. The van der Waals surface area contributed by atoms with Crippen LogP contribution in [0.25, 0.3) is 11.3 Å². The molecule has 0 aliphatic rings. The first-order valence-electron chi connectivity index (χ1n) is 4.83. The van der Waals surface area contributed by atoms with Crippen LogP contribution in [0.3, 0.4) is 0 Å². The van der Waals surface area contributed by atoms with E-state index < -0.39 is 18.2 Å². The van der Waals surface area contributed by atoms with Gasteiger partial charge in [0.1, 0.15) is 5.82 Å². The van der Waals surface area contributed by atoms with E-state index in [1.54, 1.807) is 6.07 Å². The Hall–Kier alpha value is -1.52. The van der Waals surface area contributed by atoms with Crippen molar-refractivity contribution < 1.29 is 13.9 Å². The Morgan fingerprint density at radius 2 is 2.06 bits per heavy atom. The topological polar surface area (TPSA) is 33.1 Å². The highest BCUT2D eigenvalue weighted by molar-refractivity contribution is 6.31. The van der Waals surface area contributed by atoms with Crippen LogP contribution in [0.4, 0.5) is 8.78 Å². The van der Waals surface area contributed by atoms with E-state index in [-0.39, 0.29) is 21.8 Å². The molecule has 5 heteroatoms. The largest absolute Gasteiger partial charge is 0.392 e. The molecule has 0 bridgehead atoms. The number of hydrogen-bond donors (Lipinski definition) is 1. The van der Waals surface area contributed by atoms with Gasteiger partial charge >= 0.3 is 0 Å². The maximum atomic E-state index is 13.7. The number of nitrogens with zero attached hydrogens (tertiary/aromatic N) is 1. The van der Waals surface area contributed by atoms with Crippen molar-refractivity contribution in [1.29, 1.82) is 0 Å². The van der Waals surface area contributed by atoms with Crippen molar-refractivity contribution in [3.05, 3.63) is 52.7 Å². The van der Waals surface area contributed by atoms with Crippen LogP contribution >= 0.6 is 11.6 Å². The van der Waals surface area contributed by atoms with Crippen molar-refractivity contribution in [2.24, 2.45) is 0 Å². The normalized spacial score (nSPS) is 10.6. The first kappa shape index (κ1) is 12.0. The first-order valence-corrected chi connectivity index (χ1v) is 5.21. The van der Waals surface area contributed by atoms with E-state index in [1.165, 1.54) is 18.2 Å². The minimum Gasteiger partial charge on any atom is -0.392 e. The molecule has 0 amide bonds. The third kappa shape index (κ3) is 2.28. The minimum atomic E-state index is -0.626. The van der Waals surface area contributed by atoms with Gasteiger partial charge in [-0.1, -0.05) is 17.7 Å². The number of pyridine rings is 1. The van der Waals surface area contributed by atoms with Gasteiger partial charge in [-0.05, 0) is 18.2 Å². The number of aliphatic hydroxyl groups is 1. The molecule has 88 valence electrons. The maximum absolute atomic E-state index is 13.7. The molecule has 2 rings (SSSR count). The van der Waals surface area contributed by atoms with E-state index in [2.05, 4.69) is 4.98 Å². The number of rotatable bonds is 2. The number of benzene rings is 1. The molecule has 2 nitrogen and oxygen atoms in total. The van der Waals surface area contributed by atoms with E-state index in [9.17, 15) is 8.78 Å². The average molecular weight is 256 g/mol. The summed E-state index contributed by atoms with van der Waals surface area (Å²) in [5, 5.41) is 8.90. The minimum absolute atomic E-state index is 0.0285. The molecule has 17 heavy (non-hydrogen) atoms. The van der Waals surface area contributed by atoms with E-state index in [0.717, 1.165) is 6.20 Å². The van der Waals surface area contributed by atoms with E-state index in [4.69, 9.17) is 16.7 Å². The number of aromatic nitrogens is 1. The van der Waals surface area contributed by atoms with Crippen LogP contribution in [0.5, 0.6) is 0 Å². The van der Waals surface area contributed by atoms with Gasteiger partial charge in [0.25, 0.3) is 0 Å². The van der Waals surface area contributed by atoms with Gasteiger partial charge in [-0.25, -0.2) is 8.78 Å². The number of hydrogen-bond acceptors (Lipinski definition) is 2. The van der Waals surface area contributed by atoms with Crippen LogP contribution in [0, 0.1) is 11.6 Å². The molecule has 0 aliphatic heterocycles. The van der Waals surface area contributed by atoms with Crippen LogP contribution in [0.15, 0.2) is 30.5 Å². The lowest BCUT2D eigenvalue weighted by molar-refractivity contribution is 0.275. The van der Waals surface area contributed by atoms with Gasteiger partial charge in [-0.2, -0.15) is 0 Å². The van der Waals surface area contributed by atoms with E-state index in [0.29, 0.717) is 0 Å². The van der Waals surface area contributed by atoms with Gasteiger partial charge in [0, 0.05) is 11.1 Å². The summed E-state index contributed by atoms with van der Waals surface area (Å²) in [5.74, 6) is -1.24. The zero-order valence-electron chi connectivity index (χ0n) is 8.62. The highest BCUT2D eigenvalue weighted by Gasteiger charge is 2.11. The fourth-order valence-electron chi connectivity index (χ4n) is 1.45. The zero-order valence-corrected chi connectivity index (χ0v) is 9.38.